The molecule has 15 heavy (non-hydrogen) atoms. The second kappa shape index (κ2) is 5.47. The maximum absolute atomic E-state index is 11.0. The predicted octanol–water partition coefficient (Wildman–Crippen LogP) is 1.38. The Morgan fingerprint density at radius 2 is 2.00 bits per heavy atom. The number of rotatable bonds is 4. The van der Waals surface area contributed by atoms with Gasteiger partial charge in [-0.3, -0.25) is 4.79 Å². The van der Waals surface area contributed by atoms with Crippen LogP contribution in [0.4, 0.5) is 0 Å². The highest BCUT2D eigenvalue weighted by atomic mass is 16.6. The molecule has 1 heterocycles. The second-order valence-corrected chi connectivity index (χ2v) is 4.05. The minimum absolute atomic E-state index is 0.101. The molecule has 1 unspecified atom stereocenters. The molecule has 1 rings (SSSR count). The number of hydrogen-bond donors (Lipinski definition) is 0. The van der Waals surface area contributed by atoms with Crippen molar-refractivity contribution in [3.05, 3.63) is 0 Å². The maximum atomic E-state index is 11.0. The fourth-order valence-corrected chi connectivity index (χ4v) is 2.22. The Kier molecular flexibility index (Phi) is 4.54. The molecule has 0 bridgehead atoms. The van der Waals surface area contributed by atoms with Crippen molar-refractivity contribution in [3.8, 4) is 0 Å². The fraction of sp³-hybridized carbons (Fsp3) is 0.909. The van der Waals surface area contributed by atoms with E-state index in [1.165, 1.54) is 7.11 Å². The van der Waals surface area contributed by atoms with Crippen molar-refractivity contribution in [2.45, 2.75) is 45.0 Å². The molecule has 0 aromatic rings. The molecule has 0 aromatic heterocycles. The van der Waals surface area contributed by atoms with Crippen LogP contribution in [0.3, 0.4) is 0 Å². The summed E-state index contributed by atoms with van der Waals surface area (Å²) < 4.78 is 15.7. The number of ether oxygens (including phenoxy) is 3. The lowest BCUT2D eigenvalue weighted by Crippen LogP contribution is -2.26. The van der Waals surface area contributed by atoms with Gasteiger partial charge in [-0.15, -0.1) is 0 Å². The second-order valence-electron chi connectivity index (χ2n) is 4.05. The molecular weight excluding hydrogens is 196 g/mol. The van der Waals surface area contributed by atoms with Crippen LogP contribution in [0.1, 0.15) is 26.7 Å². The van der Waals surface area contributed by atoms with Crippen molar-refractivity contribution < 1.29 is 19.0 Å². The molecule has 4 nitrogen and oxygen atoms in total. The Hall–Kier alpha value is -0.610. The summed E-state index contributed by atoms with van der Waals surface area (Å²) in [6.45, 7) is 4.10. The topological polar surface area (TPSA) is 44.8 Å². The summed E-state index contributed by atoms with van der Waals surface area (Å²) in [6, 6.07) is 0. The SMILES string of the molecule is COC(=O)CC[C@H]1O[C@@H](C)[C@@H](OC)C1C. The molecule has 0 amide bonds. The zero-order valence-electron chi connectivity index (χ0n) is 9.86. The van der Waals surface area contributed by atoms with E-state index in [-0.39, 0.29) is 24.3 Å². The van der Waals surface area contributed by atoms with Crippen LogP contribution in [0.15, 0.2) is 0 Å². The summed E-state index contributed by atoms with van der Waals surface area (Å²) in [4.78, 5) is 11.0. The first-order valence-electron chi connectivity index (χ1n) is 5.35. The number of esters is 1. The predicted molar refractivity (Wildman–Crippen MR) is 55.5 cm³/mol. The quantitative estimate of drug-likeness (QED) is 0.666. The lowest BCUT2D eigenvalue weighted by atomic mass is 9.96. The van der Waals surface area contributed by atoms with Crippen molar-refractivity contribution in [2.75, 3.05) is 14.2 Å². The molecule has 1 fully saturated rings. The van der Waals surface area contributed by atoms with Crippen LogP contribution >= 0.6 is 0 Å². The molecule has 88 valence electrons. The first kappa shape index (κ1) is 12.5. The average molecular weight is 216 g/mol. The highest BCUT2D eigenvalue weighted by Gasteiger charge is 2.39. The molecule has 1 aliphatic rings. The van der Waals surface area contributed by atoms with Crippen LogP contribution in [0.25, 0.3) is 0 Å². The van der Waals surface area contributed by atoms with Crippen molar-refractivity contribution in [3.63, 3.8) is 0 Å². The summed E-state index contributed by atoms with van der Waals surface area (Å²) in [5, 5.41) is 0. The van der Waals surface area contributed by atoms with Gasteiger partial charge in [-0.1, -0.05) is 6.92 Å². The lowest BCUT2D eigenvalue weighted by molar-refractivity contribution is -0.141. The molecule has 1 saturated heterocycles. The van der Waals surface area contributed by atoms with Crippen LogP contribution in [0.2, 0.25) is 0 Å². The van der Waals surface area contributed by atoms with E-state index in [0.29, 0.717) is 18.8 Å². The van der Waals surface area contributed by atoms with Crippen LogP contribution in [0.5, 0.6) is 0 Å². The average Bonchev–Trinajstić information content (AvgIpc) is 2.50. The zero-order valence-corrected chi connectivity index (χ0v) is 9.86. The summed E-state index contributed by atoms with van der Waals surface area (Å²) in [6.07, 6.45) is 1.46. The summed E-state index contributed by atoms with van der Waals surface area (Å²) in [7, 11) is 3.10. The van der Waals surface area contributed by atoms with Gasteiger partial charge in [0.1, 0.15) is 0 Å². The monoisotopic (exact) mass is 216 g/mol. The number of carbonyl (C=O) groups is 1. The first-order chi connectivity index (χ1) is 7.10. The first-order valence-corrected chi connectivity index (χ1v) is 5.35. The highest BCUT2D eigenvalue weighted by molar-refractivity contribution is 5.69. The van der Waals surface area contributed by atoms with Crippen LogP contribution < -0.4 is 0 Å². The Labute approximate surface area is 90.9 Å². The molecule has 0 saturated carbocycles. The minimum atomic E-state index is -0.181. The van der Waals surface area contributed by atoms with E-state index >= 15 is 0 Å². The highest BCUT2D eigenvalue weighted by Crippen LogP contribution is 2.31. The van der Waals surface area contributed by atoms with Crippen molar-refractivity contribution in [1.29, 1.82) is 0 Å². The van der Waals surface area contributed by atoms with E-state index in [4.69, 9.17) is 9.47 Å². The van der Waals surface area contributed by atoms with Gasteiger partial charge in [-0.2, -0.15) is 0 Å². The van der Waals surface area contributed by atoms with Crippen LogP contribution in [-0.2, 0) is 19.0 Å². The Balaban J connectivity index is 2.41. The molecular formula is C11H20O4. The third-order valence-electron chi connectivity index (χ3n) is 3.09. The maximum Gasteiger partial charge on any atom is 0.305 e. The normalized spacial score (nSPS) is 35.5. The van der Waals surface area contributed by atoms with E-state index in [2.05, 4.69) is 11.7 Å². The third-order valence-corrected chi connectivity index (χ3v) is 3.09. The largest absolute Gasteiger partial charge is 0.469 e. The van der Waals surface area contributed by atoms with E-state index in [9.17, 15) is 4.79 Å². The molecule has 0 spiro atoms. The zero-order chi connectivity index (χ0) is 11.4. The molecule has 0 aromatic carbocycles. The Morgan fingerprint density at radius 3 is 2.47 bits per heavy atom. The van der Waals surface area contributed by atoms with E-state index in [1.54, 1.807) is 7.11 Å². The smallest absolute Gasteiger partial charge is 0.305 e. The van der Waals surface area contributed by atoms with Gasteiger partial charge >= 0.3 is 5.97 Å². The Bertz CT molecular complexity index is 217. The lowest BCUT2D eigenvalue weighted by Gasteiger charge is -2.17. The molecule has 1 aliphatic heterocycles. The number of methoxy groups -OCH3 is 2. The van der Waals surface area contributed by atoms with Gasteiger partial charge in [0.15, 0.2) is 0 Å². The molecule has 0 N–H and O–H groups in total. The molecule has 4 heteroatoms. The third kappa shape index (κ3) is 2.92. The molecule has 0 radical (unpaired) electrons. The van der Waals surface area contributed by atoms with E-state index in [0.717, 1.165) is 0 Å². The standard InChI is InChI=1S/C11H20O4/c1-7-9(5-6-10(12)13-3)15-8(2)11(7)14-4/h7-9,11H,5-6H2,1-4H3/t7?,8-,9+,11-/m0/s1. The number of hydrogen-bond acceptors (Lipinski definition) is 4. The van der Waals surface area contributed by atoms with E-state index < -0.39 is 0 Å². The Morgan fingerprint density at radius 1 is 1.33 bits per heavy atom. The van der Waals surface area contributed by atoms with Crippen molar-refractivity contribution in [1.82, 2.24) is 0 Å². The van der Waals surface area contributed by atoms with Gasteiger partial charge in [0.25, 0.3) is 0 Å². The van der Waals surface area contributed by atoms with Gasteiger partial charge in [-0.05, 0) is 13.3 Å². The minimum Gasteiger partial charge on any atom is -0.469 e. The fourth-order valence-electron chi connectivity index (χ4n) is 2.22. The van der Waals surface area contributed by atoms with Gasteiger partial charge in [0.2, 0.25) is 0 Å². The van der Waals surface area contributed by atoms with Crippen LogP contribution in [0, 0.1) is 5.92 Å². The van der Waals surface area contributed by atoms with Crippen LogP contribution in [-0.4, -0.2) is 38.5 Å². The van der Waals surface area contributed by atoms with E-state index in [1.807, 2.05) is 6.92 Å². The molecule has 4 atom stereocenters. The van der Waals surface area contributed by atoms with Gasteiger partial charge in [-0.25, -0.2) is 0 Å². The van der Waals surface area contributed by atoms with Gasteiger partial charge < -0.3 is 14.2 Å². The number of carbonyl (C=O) groups excluding carboxylic acids is 1. The van der Waals surface area contributed by atoms with Gasteiger partial charge in [0.05, 0.1) is 25.4 Å². The summed E-state index contributed by atoms with van der Waals surface area (Å²) >= 11 is 0. The van der Waals surface area contributed by atoms with Crippen molar-refractivity contribution in [2.24, 2.45) is 5.92 Å². The summed E-state index contributed by atoms with van der Waals surface area (Å²) in [5.74, 6) is 0.147. The molecule has 0 aliphatic carbocycles. The van der Waals surface area contributed by atoms with Gasteiger partial charge in [0, 0.05) is 19.4 Å². The van der Waals surface area contributed by atoms with Crippen molar-refractivity contribution >= 4 is 5.97 Å². The summed E-state index contributed by atoms with van der Waals surface area (Å²) in [5.41, 5.74) is 0.